The van der Waals surface area contributed by atoms with E-state index in [9.17, 15) is 0 Å². The van der Waals surface area contributed by atoms with Gasteiger partial charge in [0.25, 0.3) is 5.11 Å². The number of nitrogens with zero attached hydrogens (tertiary/aromatic N) is 2. The molecule has 0 aliphatic carbocycles. The van der Waals surface area contributed by atoms with Gasteiger partial charge in [0.05, 0.1) is 20.6 Å². The van der Waals surface area contributed by atoms with Gasteiger partial charge in [0.2, 0.25) is 6.34 Å². The van der Waals surface area contributed by atoms with Crippen molar-refractivity contribution in [1.82, 2.24) is 10.2 Å². The average molecular weight is 158 g/mol. The van der Waals surface area contributed by atoms with Crippen molar-refractivity contribution in [2.45, 2.75) is 0 Å². The van der Waals surface area contributed by atoms with E-state index in [0.29, 0.717) is 0 Å². The van der Waals surface area contributed by atoms with E-state index >= 15 is 0 Å². The maximum atomic E-state index is 5.02. The van der Waals surface area contributed by atoms with Gasteiger partial charge < -0.3 is 5.32 Å². The SMILES string of the molecule is C[N+](C)=CN1CCNC1=S. The van der Waals surface area contributed by atoms with Crippen molar-refractivity contribution in [2.24, 2.45) is 0 Å². The van der Waals surface area contributed by atoms with E-state index in [2.05, 4.69) is 5.32 Å². The Morgan fingerprint density at radius 3 is 2.80 bits per heavy atom. The topological polar surface area (TPSA) is 18.3 Å². The van der Waals surface area contributed by atoms with Crippen molar-refractivity contribution < 1.29 is 4.58 Å². The van der Waals surface area contributed by atoms with Gasteiger partial charge in [-0.25, -0.2) is 4.90 Å². The lowest BCUT2D eigenvalue weighted by molar-refractivity contribution is -0.463. The predicted octanol–water partition coefficient (Wildman–Crippen LogP) is -0.523. The fourth-order valence-corrected chi connectivity index (χ4v) is 1.12. The van der Waals surface area contributed by atoms with Crippen LogP contribution in [0.1, 0.15) is 0 Å². The van der Waals surface area contributed by atoms with Gasteiger partial charge in [0.15, 0.2) is 0 Å². The van der Waals surface area contributed by atoms with E-state index in [-0.39, 0.29) is 0 Å². The van der Waals surface area contributed by atoms with Crippen LogP contribution in [0.15, 0.2) is 0 Å². The molecular formula is C6H12N3S+. The third-order valence-corrected chi connectivity index (χ3v) is 1.64. The molecule has 3 nitrogen and oxygen atoms in total. The Balaban J connectivity index is 2.56. The molecule has 10 heavy (non-hydrogen) atoms. The minimum atomic E-state index is 0.828. The average Bonchev–Trinajstić information content (AvgIpc) is 2.15. The third kappa shape index (κ3) is 1.67. The summed E-state index contributed by atoms with van der Waals surface area (Å²) in [6.07, 6.45) is 1.99. The molecule has 0 radical (unpaired) electrons. The standard InChI is InChI=1S/C6H11N3S/c1-8(2)5-9-4-3-7-6(9)10/h5H,3-4H2,1-2H3/p+1. The van der Waals surface area contributed by atoms with E-state index in [1.165, 1.54) is 0 Å². The van der Waals surface area contributed by atoms with E-state index < -0.39 is 0 Å². The Labute approximate surface area is 66.3 Å². The van der Waals surface area contributed by atoms with E-state index in [1.54, 1.807) is 0 Å². The highest BCUT2D eigenvalue weighted by molar-refractivity contribution is 7.80. The molecule has 0 saturated carbocycles. The van der Waals surface area contributed by atoms with Crippen LogP contribution in [0.4, 0.5) is 0 Å². The first-order valence-corrected chi connectivity index (χ1v) is 3.67. The summed E-state index contributed by atoms with van der Waals surface area (Å²) in [4.78, 5) is 2.02. The molecule has 0 aromatic carbocycles. The second-order valence-electron chi connectivity index (χ2n) is 2.50. The Bertz CT molecular complexity index is 172. The molecule has 0 aromatic heterocycles. The molecular weight excluding hydrogens is 146 g/mol. The normalized spacial score (nSPS) is 17.0. The fourth-order valence-electron chi connectivity index (χ4n) is 0.875. The summed E-state index contributed by atoms with van der Waals surface area (Å²) >= 11 is 5.02. The lowest BCUT2D eigenvalue weighted by Crippen LogP contribution is -2.29. The Hall–Kier alpha value is -0.640. The van der Waals surface area contributed by atoms with Crippen LogP contribution in [0.5, 0.6) is 0 Å². The quantitative estimate of drug-likeness (QED) is 0.240. The molecule has 0 unspecified atom stereocenters. The first kappa shape index (κ1) is 7.47. The predicted molar refractivity (Wildman–Crippen MR) is 45.5 cm³/mol. The molecule has 0 bridgehead atoms. The second-order valence-corrected chi connectivity index (χ2v) is 2.89. The summed E-state index contributed by atoms with van der Waals surface area (Å²) in [5.74, 6) is 0. The van der Waals surface area contributed by atoms with Gasteiger partial charge in [-0.2, -0.15) is 0 Å². The Morgan fingerprint density at radius 2 is 2.40 bits per heavy atom. The molecule has 4 heteroatoms. The highest BCUT2D eigenvalue weighted by Crippen LogP contribution is 1.91. The summed E-state index contributed by atoms with van der Waals surface area (Å²) in [5.41, 5.74) is 0. The number of hydrogen-bond acceptors (Lipinski definition) is 1. The monoisotopic (exact) mass is 158 g/mol. The van der Waals surface area contributed by atoms with Crippen molar-refractivity contribution >= 4 is 23.7 Å². The largest absolute Gasteiger partial charge is 0.339 e. The summed E-state index contributed by atoms with van der Waals surface area (Å²) in [6.45, 7) is 1.94. The van der Waals surface area contributed by atoms with Crippen LogP contribution < -0.4 is 5.32 Å². The molecule has 56 valence electrons. The molecule has 0 aromatic rings. The molecule has 0 amide bonds. The fraction of sp³-hybridized carbons (Fsp3) is 0.667. The van der Waals surface area contributed by atoms with Gasteiger partial charge in [-0.1, -0.05) is 0 Å². The Kier molecular flexibility index (Phi) is 2.21. The van der Waals surface area contributed by atoms with Crippen LogP contribution in [-0.2, 0) is 0 Å². The zero-order valence-corrected chi connectivity index (χ0v) is 7.11. The first-order chi connectivity index (χ1) is 4.70. The van der Waals surface area contributed by atoms with Gasteiger partial charge in [0, 0.05) is 0 Å². The van der Waals surface area contributed by atoms with Crippen LogP contribution in [-0.4, -0.2) is 48.1 Å². The molecule has 0 spiro atoms. The second kappa shape index (κ2) is 2.96. The van der Waals surface area contributed by atoms with Crippen molar-refractivity contribution in [3.05, 3.63) is 0 Å². The van der Waals surface area contributed by atoms with Gasteiger partial charge >= 0.3 is 0 Å². The minimum absolute atomic E-state index is 0.828. The lowest BCUT2D eigenvalue weighted by atomic mass is 10.6. The first-order valence-electron chi connectivity index (χ1n) is 3.26. The molecule has 0 atom stereocenters. The summed E-state index contributed by atoms with van der Waals surface area (Å²) < 4.78 is 1.99. The van der Waals surface area contributed by atoms with Gasteiger partial charge in [-0.15, -0.1) is 0 Å². The summed E-state index contributed by atoms with van der Waals surface area (Å²) in [7, 11) is 3.97. The van der Waals surface area contributed by atoms with Crippen LogP contribution >= 0.6 is 12.2 Å². The van der Waals surface area contributed by atoms with E-state index in [1.807, 2.05) is 29.9 Å². The van der Waals surface area contributed by atoms with Crippen molar-refractivity contribution in [3.63, 3.8) is 0 Å². The van der Waals surface area contributed by atoms with Gasteiger partial charge in [0.1, 0.15) is 6.54 Å². The van der Waals surface area contributed by atoms with Crippen LogP contribution in [0.2, 0.25) is 0 Å². The summed E-state index contributed by atoms with van der Waals surface area (Å²) in [5, 5.41) is 3.90. The van der Waals surface area contributed by atoms with Crippen molar-refractivity contribution in [1.29, 1.82) is 0 Å². The number of thiocarbonyl (C=S) groups is 1. The summed E-state index contributed by atoms with van der Waals surface area (Å²) in [6, 6.07) is 0. The van der Waals surface area contributed by atoms with Crippen molar-refractivity contribution in [2.75, 3.05) is 27.2 Å². The van der Waals surface area contributed by atoms with Crippen LogP contribution in [0.3, 0.4) is 0 Å². The van der Waals surface area contributed by atoms with Crippen molar-refractivity contribution in [3.8, 4) is 0 Å². The number of rotatable bonds is 1. The molecule has 1 aliphatic heterocycles. The number of nitrogens with one attached hydrogen (secondary N) is 1. The maximum absolute atomic E-state index is 5.02. The van der Waals surface area contributed by atoms with E-state index in [0.717, 1.165) is 18.2 Å². The molecule has 1 N–H and O–H groups in total. The van der Waals surface area contributed by atoms with Crippen LogP contribution in [0, 0.1) is 0 Å². The molecule has 1 aliphatic rings. The molecule has 1 fully saturated rings. The minimum Gasteiger partial charge on any atom is -0.339 e. The molecule has 1 heterocycles. The van der Waals surface area contributed by atoms with Crippen LogP contribution in [0.25, 0.3) is 0 Å². The van der Waals surface area contributed by atoms with E-state index in [4.69, 9.17) is 12.2 Å². The zero-order valence-electron chi connectivity index (χ0n) is 6.29. The molecule has 1 saturated heterocycles. The lowest BCUT2D eigenvalue weighted by Gasteiger charge is -2.01. The Morgan fingerprint density at radius 1 is 1.70 bits per heavy atom. The smallest absolute Gasteiger partial charge is 0.262 e. The van der Waals surface area contributed by atoms with Gasteiger partial charge in [-0.05, 0) is 12.2 Å². The number of hydrogen-bond donors (Lipinski definition) is 1. The highest BCUT2D eigenvalue weighted by atomic mass is 32.1. The third-order valence-electron chi connectivity index (χ3n) is 1.26. The van der Waals surface area contributed by atoms with Gasteiger partial charge in [-0.3, -0.25) is 4.58 Å². The molecule has 1 rings (SSSR count). The highest BCUT2D eigenvalue weighted by Gasteiger charge is 2.20. The maximum Gasteiger partial charge on any atom is 0.262 e. The zero-order chi connectivity index (χ0) is 7.56.